The summed E-state index contributed by atoms with van der Waals surface area (Å²) in [5, 5.41) is 0. The second-order valence-corrected chi connectivity index (χ2v) is 2.88. The van der Waals surface area contributed by atoms with Gasteiger partial charge >= 0.3 is 0 Å². The predicted molar refractivity (Wildman–Crippen MR) is 45.8 cm³/mol. The van der Waals surface area contributed by atoms with Crippen LogP contribution in [0.5, 0.6) is 0 Å². The van der Waals surface area contributed by atoms with E-state index in [1.54, 1.807) is 6.20 Å². The van der Waals surface area contributed by atoms with Gasteiger partial charge in [0.05, 0.1) is 11.2 Å². The molecule has 1 heterocycles. The van der Waals surface area contributed by atoms with Crippen LogP contribution in [0.3, 0.4) is 0 Å². The van der Waals surface area contributed by atoms with Gasteiger partial charge < -0.3 is 5.73 Å². The molecule has 1 unspecified atom stereocenters. The summed E-state index contributed by atoms with van der Waals surface area (Å²) in [6.07, 6.45) is 2.40. The monoisotopic (exact) mass is 149 g/mol. The summed E-state index contributed by atoms with van der Waals surface area (Å²) in [5.41, 5.74) is 6.42. The summed E-state index contributed by atoms with van der Waals surface area (Å²) in [5.74, 6) is 0. The van der Waals surface area contributed by atoms with Crippen molar-refractivity contribution in [2.45, 2.75) is 18.9 Å². The smallest absolute Gasteiger partial charge is 0.0599 e. The molecule has 59 valence electrons. The van der Waals surface area contributed by atoms with E-state index in [2.05, 4.69) is 11.9 Å². The van der Waals surface area contributed by atoms with Crippen molar-refractivity contribution >= 4 is 0 Å². The fourth-order valence-corrected chi connectivity index (χ4v) is 0.829. The number of nitrogens with two attached hydrogens (primary N) is 1. The van der Waals surface area contributed by atoms with Crippen molar-refractivity contribution in [1.29, 1.82) is 0 Å². The van der Waals surface area contributed by atoms with Crippen molar-refractivity contribution in [3.05, 3.63) is 37.0 Å². The lowest BCUT2D eigenvalue weighted by atomic mass is 9.96. The highest BCUT2D eigenvalue weighted by atomic mass is 14.8. The van der Waals surface area contributed by atoms with Crippen molar-refractivity contribution in [2.24, 2.45) is 5.73 Å². The highest BCUT2D eigenvalue weighted by Crippen LogP contribution is 2.17. The van der Waals surface area contributed by atoms with Gasteiger partial charge in [-0.05, 0) is 25.5 Å². The summed E-state index contributed by atoms with van der Waals surface area (Å²) in [7, 11) is 0. The molecule has 1 radical (unpaired) electrons. The van der Waals surface area contributed by atoms with Crippen molar-refractivity contribution < 1.29 is 0 Å². The average Bonchev–Trinajstić information content (AvgIpc) is 2.06. The van der Waals surface area contributed by atoms with Crippen LogP contribution >= 0.6 is 0 Å². The van der Waals surface area contributed by atoms with Crippen LogP contribution in [0, 0.1) is 6.92 Å². The second kappa shape index (κ2) is 3.01. The fraction of sp³-hybridized carbons (Fsp3) is 0.333. The van der Waals surface area contributed by atoms with E-state index in [0.717, 1.165) is 5.69 Å². The lowest BCUT2D eigenvalue weighted by Gasteiger charge is -2.21. The van der Waals surface area contributed by atoms with Crippen molar-refractivity contribution in [3.63, 3.8) is 0 Å². The zero-order valence-electron chi connectivity index (χ0n) is 6.75. The number of hydrogen-bond acceptors (Lipinski definition) is 2. The summed E-state index contributed by atoms with van der Waals surface area (Å²) in [6.45, 7) is 5.70. The molecule has 0 aromatic carbocycles. The Labute approximate surface area is 67.5 Å². The SMILES string of the molecule is [CH2]CC(C)(N)c1ccccn1. The Balaban J connectivity index is 2.93. The largest absolute Gasteiger partial charge is 0.320 e. The van der Waals surface area contributed by atoms with Crippen LogP contribution < -0.4 is 5.73 Å². The van der Waals surface area contributed by atoms with Crippen LogP contribution in [0.15, 0.2) is 24.4 Å². The van der Waals surface area contributed by atoms with Gasteiger partial charge in [-0.3, -0.25) is 4.98 Å². The molecule has 2 N–H and O–H groups in total. The van der Waals surface area contributed by atoms with E-state index in [9.17, 15) is 0 Å². The molecular weight excluding hydrogens is 136 g/mol. The van der Waals surface area contributed by atoms with Crippen LogP contribution in [0.25, 0.3) is 0 Å². The molecule has 1 aromatic heterocycles. The van der Waals surface area contributed by atoms with Gasteiger partial charge in [-0.2, -0.15) is 0 Å². The molecule has 1 atom stereocenters. The molecule has 0 spiro atoms. The Morgan fingerprint density at radius 2 is 2.36 bits per heavy atom. The summed E-state index contributed by atoms with van der Waals surface area (Å²) in [6, 6.07) is 5.73. The molecule has 0 saturated heterocycles. The van der Waals surface area contributed by atoms with Gasteiger partial charge in [0.25, 0.3) is 0 Å². The highest BCUT2D eigenvalue weighted by molar-refractivity contribution is 5.13. The minimum absolute atomic E-state index is 0.388. The van der Waals surface area contributed by atoms with Gasteiger partial charge in [-0.15, -0.1) is 0 Å². The third-order valence-electron chi connectivity index (χ3n) is 1.77. The predicted octanol–water partition coefficient (Wildman–Crippen LogP) is 1.48. The molecular formula is C9H13N2. The zero-order chi connectivity index (χ0) is 8.32. The van der Waals surface area contributed by atoms with E-state index in [0.29, 0.717) is 6.42 Å². The first-order chi connectivity index (χ1) is 5.17. The van der Waals surface area contributed by atoms with Crippen LogP contribution in [0.1, 0.15) is 19.0 Å². The standard InChI is InChI=1S/C9H13N2/c1-3-9(2,10)8-6-4-5-7-11-8/h4-7H,1,3,10H2,2H3. The molecule has 0 saturated carbocycles. The molecule has 2 nitrogen and oxygen atoms in total. The number of rotatable bonds is 2. The number of nitrogens with zero attached hydrogens (tertiary/aromatic N) is 1. The molecule has 11 heavy (non-hydrogen) atoms. The quantitative estimate of drug-likeness (QED) is 0.691. The maximum absolute atomic E-state index is 5.91. The van der Waals surface area contributed by atoms with E-state index in [1.807, 2.05) is 25.1 Å². The first-order valence-electron chi connectivity index (χ1n) is 3.66. The van der Waals surface area contributed by atoms with E-state index in [1.165, 1.54) is 0 Å². The summed E-state index contributed by atoms with van der Waals surface area (Å²) < 4.78 is 0. The normalized spacial score (nSPS) is 15.9. The van der Waals surface area contributed by atoms with Crippen LogP contribution in [0.2, 0.25) is 0 Å². The molecule has 1 aromatic rings. The van der Waals surface area contributed by atoms with Crippen molar-refractivity contribution in [3.8, 4) is 0 Å². The number of hydrogen-bond donors (Lipinski definition) is 1. The maximum Gasteiger partial charge on any atom is 0.0599 e. The molecule has 0 aliphatic heterocycles. The van der Waals surface area contributed by atoms with Gasteiger partial charge in [0.1, 0.15) is 0 Å². The molecule has 2 heteroatoms. The topological polar surface area (TPSA) is 38.9 Å². The fourth-order valence-electron chi connectivity index (χ4n) is 0.829. The zero-order valence-corrected chi connectivity index (χ0v) is 6.75. The molecule has 0 aliphatic carbocycles. The van der Waals surface area contributed by atoms with Gasteiger partial charge in [-0.25, -0.2) is 0 Å². The lowest BCUT2D eigenvalue weighted by Crippen LogP contribution is -2.32. The molecule has 1 rings (SSSR count). The lowest BCUT2D eigenvalue weighted by molar-refractivity contribution is 0.484. The van der Waals surface area contributed by atoms with Crippen LogP contribution in [-0.4, -0.2) is 4.98 Å². The van der Waals surface area contributed by atoms with E-state index in [-0.39, 0.29) is 5.54 Å². The third-order valence-corrected chi connectivity index (χ3v) is 1.77. The number of pyridine rings is 1. The first-order valence-corrected chi connectivity index (χ1v) is 3.66. The van der Waals surface area contributed by atoms with Crippen molar-refractivity contribution in [2.75, 3.05) is 0 Å². The minimum Gasteiger partial charge on any atom is -0.320 e. The van der Waals surface area contributed by atoms with Gasteiger partial charge in [0.2, 0.25) is 0 Å². The summed E-state index contributed by atoms with van der Waals surface area (Å²) in [4.78, 5) is 4.16. The molecule has 0 bridgehead atoms. The van der Waals surface area contributed by atoms with Gasteiger partial charge in [-0.1, -0.05) is 13.0 Å². The Kier molecular flexibility index (Phi) is 2.25. The third kappa shape index (κ3) is 1.77. The van der Waals surface area contributed by atoms with E-state index >= 15 is 0 Å². The summed E-state index contributed by atoms with van der Waals surface area (Å²) >= 11 is 0. The maximum atomic E-state index is 5.91. The van der Waals surface area contributed by atoms with Crippen LogP contribution in [-0.2, 0) is 5.54 Å². The Morgan fingerprint density at radius 3 is 2.82 bits per heavy atom. The molecule has 0 fully saturated rings. The van der Waals surface area contributed by atoms with Gasteiger partial charge in [0.15, 0.2) is 0 Å². The first kappa shape index (κ1) is 8.21. The van der Waals surface area contributed by atoms with E-state index < -0.39 is 0 Å². The average molecular weight is 149 g/mol. The minimum atomic E-state index is -0.388. The Hall–Kier alpha value is -0.890. The van der Waals surface area contributed by atoms with Crippen LogP contribution in [0.4, 0.5) is 0 Å². The molecule has 0 amide bonds. The Morgan fingerprint density at radius 1 is 1.64 bits per heavy atom. The van der Waals surface area contributed by atoms with E-state index in [4.69, 9.17) is 5.73 Å². The van der Waals surface area contributed by atoms with Crippen molar-refractivity contribution in [1.82, 2.24) is 4.98 Å². The number of aromatic nitrogens is 1. The van der Waals surface area contributed by atoms with Gasteiger partial charge in [0, 0.05) is 6.20 Å². The second-order valence-electron chi connectivity index (χ2n) is 2.88. The Bertz CT molecular complexity index is 216. The molecule has 0 aliphatic rings. The highest BCUT2D eigenvalue weighted by Gasteiger charge is 2.18.